The number of carbonyl (C=O) groups is 1. The Bertz CT molecular complexity index is 429. The van der Waals surface area contributed by atoms with E-state index >= 15 is 0 Å². The molecule has 1 aromatic rings. The first-order valence-corrected chi connectivity index (χ1v) is 5.26. The molecule has 0 unspecified atom stereocenters. The number of rotatable bonds is 5. The van der Waals surface area contributed by atoms with E-state index in [4.69, 9.17) is 0 Å². The minimum atomic E-state index is -2.47. The second-order valence-corrected chi connectivity index (χ2v) is 3.37. The zero-order valence-corrected chi connectivity index (χ0v) is 9.54. The van der Waals surface area contributed by atoms with Crippen LogP contribution in [0.2, 0.25) is 0 Å². The van der Waals surface area contributed by atoms with Gasteiger partial charge >= 0.3 is 0 Å². The number of halogens is 2. The van der Waals surface area contributed by atoms with E-state index in [-0.39, 0.29) is 11.6 Å². The molecule has 1 N–H and O–H groups in total. The lowest BCUT2D eigenvalue weighted by Crippen LogP contribution is -2.27. The van der Waals surface area contributed by atoms with Crippen molar-refractivity contribution in [3.05, 3.63) is 24.0 Å². The van der Waals surface area contributed by atoms with Gasteiger partial charge in [-0.1, -0.05) is 0 Å². The highest BCUT2D eigenvalue weighted by atomic mass is 19.3. The highest BCUT2D eigenvalue weighted by molar-refractivity contribution is 5.92. The van der Waals surface area contributed by atoms with Crippen molar-refractivity contribution < 1.29 is 13.6 Å². The van der Waals surface area contributed by atoms with E-state index in [1.54, 1.807) is 13.0 Å². The Morgan fingerprint density at radius 2 is 2.35 bits per heavy atom. The summed E-state index contributed by atoms with van der Waals surface area (Å²) in [5.74, 6) is 5.16. The Balaban J connectivity index is 2.55. The molecule has 0 spiro atoms. The van der Waals surface area contributed by atoms with Gasteiger partial charge in [0.05, 0.1) is 6.54 Å². The van der Waals surface area contributed by atoms with Crippen molar-refractivity contribution in [2.45, 2.75) is 26.3 Å². The van der Waals surface area contributed by atoms with E-state index < -0.39 is 13.0 Å². The molecular formula is C12H14F2N2O. The molecule has 1 aromatic heterocycles. The zero-order chi connectivity index (χ0) is 12.7. The number of hydrogen-bond donors (Lipinski definition) is 1. The fourth-order valence-electron chi connectivity index (χ4n) is 1.38. The molecule has 0 bridgehead atoms. The normalized spacial score (nSPS) is 9.88. The summed E-state index contributed by atoms with van der Waals surface area (Å²) >= 11 is 0. The summed E-state index contributed by atoms with van der Waals surface area (Å²) in [5, 5.41) is 2.63. The van der Waals surface area contributed by atoms with Gasteiger partial charge in [0.2, 0.25) is 0 Å². The average Bonchev–Trinajstić information content (AvgIpc) is 2.71. The van der Waals surface area contributed by atoms with Gasteiger partial charge in [-0.05, 0) is 19.1 Å². The standard InChI is InChI=1S/C12H14F2N2O/c1-2-3-4-7-15-12(17)10-6-5-8-16(10)9-11(13)14/h5-6,8,11H,4,7,9H2,1H3,(H,15,17). The van der Waals surface area contributed by atoms with Gasteiger partial charge in [0.25, 0.3) is 12.3 Å². The van der Waals surface area contributed by atoms with E-state index in [1.165, 1.54) is 16.8 Å². The lowest BCUT2D eigenvalue weighted by atomic mass is 10.3. The summed E-state index contributed by atoms with van der Waals surface area (Å²) in [4.78, 5) is 11.6. The fourth-order valence-corrected chi connectivity index (χ4v) is 1.38. The molecule has 3 nitrogen and oxygen atoms in total. The smallest absolute Gasteiger partial charge is 0.267 e. The summed E-state index contributed by atoms with van der Waals surface area (Å²) in [6.07, 6.45) is -0.454. The van der Waals surface area contributed by atoms with Crippen molar-refractivity contribution in [3.8, 4) is 11.8 Å². The van der Waals surface area contributed by atoms with Crippen LogP contribution in [0.5, 0.6) is 0 Å². The third kappa shape index (κ3) is 4.27. The highest BCUT2D eigenvalue weighted by Gasteiger charge is 2.12. The zero-order valence-electron chi connectivity index (χ0n) is 9.54. The van der Waals surface area contributed by atoms with Crippen LogP contribution in [0.4, 0.5) is 8.78 Å². The van der Waals surface area contributed by atoms with Crippen LogP contribution in [0.25, 0.3) is 0 Å². The summed E-state index contributed by atoms with van der Waals surface area (Å²) in [6.45, 7) is 1.67. The molecule has 0 aliphatic heterocycles. The molecule has 0 saturated heterocycles. The maximum absolute atomic E-state index is 12.2. The lowest BCUT2D eigenvalue weighted by molar-refractivity contribution is 0.0931. The van der Waals surface area contributed by atoms with Crippen LogP contribution >= 0.6 is 0 Å². The summed E-state index contributed by atoms with van der Waals surface area (Å²) in [7, 11) is 0. The van der Waals surface area contributed by atoms with E-state index in [0.717, 1.165) is 0 Å². The SMILES string of the molecule is CC#CCCNC(=O)c1cccn1CC(F)F. The van der Waals surface area contributed by atoms with Gasteiger partial charge in [0, 0.05) is 19.2 Å². The molecule has 17 heavy (non-hydrogen) atoms. The molecule has 0 saturated carbocycles. The van der Waals surface area contributed by atoms with Gasteiger partial charge < -0.3 is 9.88 Å². The van der Waals surface area contributed by atoms with Gasteiger partial charge in [0.15, 0.2) is 0 Å². The number of nitrogens with zero attached hydrogens (tertiary/aromatic N) is 1. The second-order valence-electron chi connectivity index (χ2n) is 3.37. The van der Waals surface area contributed by atoms with Crippen molar-refractivity contribution in [1.29, 1.82) is 0 Å². The van der Waals surface area contributed by atoms with Crippen LogP contribution in [0.15, 0.2) is 18.3 Å². The fraction of sp³-hybridized carbons (Fsp3) is 0.417. The number of hydrogen-bond acceptors (Lipinski definition) is 1. The first-order chi connectivity index (χ1) is 8.15. The maximum Gasteiger partial charge on any atom is 0.267 e. The van der Waals surface area contributed by atoms with Gasteiger partial charge in [-0.2, -0.15) is 0 Å². The third-order valence-electron chi connectivity index (χ3n) is 2.11. The van der Waals surface area contributed by atoms with E-state index in [2.05, 4.69) is 17.2 Å². The minimum absolute atomic E-state index is 0.245. The van der Waals surface area contributed by atoms with Crippen LogP contribution in [-0.2, 0) is 6.54 Å². The van der Waals surface area contributed by atoms with Crippen molar-refractivity contribution in [2.75, 3.05) is 6.54 Å². The molecule has 0 aromatic carbocycles. The number of nitrogens with one attached hydrogen (secondary N) is 1. The molecule has 1 amide bonds. The minimum Gasteiger partial charge on any atom is -0.350 e. The Labute approximate surface area is 98.8 Å². The van der Waals surface area contributed by atoms with Crippen LogP contribution in [0, 0.1) is 11.8 Å². The van der Waals surface area contributed by atoms with Gasteiger partial charge in [-0.3, -0.25) is 4.79 Å². The molecule has 5 heteroatoms. The average molecular weight is 240 g/mol. The van der Waals surface area contributed by atoms with Crippen molar-refractivity contribution in [2.24, 2.45) is 0 Å². The topological polar surface area (TPSA) is 34.0 Å². The molecular weight excluding hydrogens is 226 g/mol. The van der Waals surface area contributed by atoms with Gasteiger partial charge in [-0.25, -0.2) is 8.78 Å². The molecule has 0 atom stereocenters. The summed E-state index contributed by atoms with van der Waals surface area (Å²) < 4.78 is 25.7. The first-order valence-electron chi connectivity index (χ1n) is 5.26. The van der Waals surface area contributed by atoms with Crippen LogP contribution in [0.1, 0.15) is 23.8 Å². The van der Waals surface area contributed by atoms with E-state index in [1.807, 2.05) is 0 Å². The molecule has 0 aliphatic carbocycles. The molecule has 0 aliphatic rings. The largest absolute Gasteiger partial charge is 0.350 e. The van der Waals surface area contributed by atoms with Crippen LogP contribution < -0.4 is 5.32 Å². The van der Waals surface area contributed by atoms with E-state index in [0.29, 0.717) is 13.0 Å². The number of carbonyl (C=O) groups excluding carboxylic acids is 1. The molecule has 1 rings (SSSR count). The molecule has 0 fully saturated rings. The second kappa shape index (κ2) is 6.69. The van der Waals surface area contributed by atoms with Gasteiger partial charge in [0.1, 0.15) is 5.69 Å². The van der Waals surface area contributed by atoms with Crippen molar-refractivity contribution >= 4 is 5.91 Å². The van der Waals surface area contributed by atoms with Crippen molar-refractivity contribution in [1.82, 2.24) is 9.88 Å². The number of aromatic nitrogens is 1. The Morgan fingerprint density at radius 1 is 1.59 bits per heavy atom. The lowest BCUT2D eigenvalue weighted by Gasteiger charge is -2.08. The first kappa shape index (κ1) is 13.2. The number of alkyl halides is 2. The quantitative estimate of drug-likeness (QED) is 0.619. The van der Waals surface area contributed by atoms with Crippen molar-refractivity contribution in [3.63, 3.8) is 0 Å². The predicted molar refractivity (Wildman–Crippen MR) is 60.8 cm³/mol. The monoisotopic (exact) mass is 240 g/mol. The van der Waals surface area contributed by atoms with Gasteiger partial charge in [-0.15, -0.1) is 11.8 Å². The number of amides is 1. The van der Waals surface area contributed by atoms with Crippen LogP contribution in [0.3, 0.4) is 0 Å². The predicted octanol–water partition coefficient (Wildman–Crippen LogP) is 1.90. The Hall–Kier alpha value is -1.83. The summed E-state index contributed by atoms with van der Waals surface area (Å²) in [5.41, 5.74) is 0.245. The Morgan fingerprint density at radius 3 is 3.00 bits per heavy atom. The molecule has 92 valence electrons. The highest BCUT2D eigenvalue weighted by Crippen LogP contribution is 2.06. The Kier molecular flexibility index (Phi) is 5.21. The third-order valence-corrected chi connectivity index (χ3v) is 2.11. The van der Waals surface area contributed by atoms with E-state index in [9.17, 15) is 13.6 Å². The molecule has 1 heterocycles. The summed E-state index contributed by atoms with van der Waals surface area (Å²) in [6, 6.07) is 3.09. The van der Waals surface area contributed by atoms with Crippen LogP contribution in [-0.4, -0.2) is 23.4 Å². The maximum atomic E-state index is 12.2. The molecule has 0 radical (unpaired) electrons.